The molecule has 1 N–H and O–H groups in total. The van der Waals surface area contributed by atoms with Crippen LogP contribution in [0.25, 0.3) is 0 Å². The van der Waals surface area contributed by atoms with Crippen LogP contribution in [-0.4, -0.2) is 17.0 Å². The van der Waals surface area contributed by atoms with Gasteiger partial charge in [-0.15, -0.1) is 0 Å². The number of anilines is 1. The van der Waals surface area contributed by atoms with Gasteiger partial charge >= 0.3 is 0 Å². The molecule has 0 saturated heterocycles. The van der Waals surface area contributed by atoms with Gasteiger partial charge in [-0.3, -0.25) is 4.79 Å². The molecule has 1 aromatic heterocycles. The molecule has 1 aromatic carbocycles. The predicted molar refractivity (Wildman–Crippen MR) is 81.1 cm³/mol. The Morgan fingerprint density at radius 2 is 2.28 bits per heavy atom. The molecule has 94 valence electrons. The quantitative estimate of drug-likeness (QED) is 0.839. The Labute approximate surface area is 123 Å². The van der Waals surface area contributed by atoms with Crippen molar-refractivity contribution in [2.24, 2.45) is 0 Å². The van der Waals surface area contributed by atoms with Crippen LogP contribution < -0.4 is 10.5 Å². The monoisotopic (exact) mass is 375 g/mol. The summed E-state index contributed by atoms with van der Waals surface area (Å²) in [5, 5.41) is 0.703. The zero-order valence-electron chi connectivity index (χ0n) is 9.65. The molecule has 1 heterocycles. The predicted octanol–water partition coefficient (Wildman–Crippen LogP) is 2.66. The van der Waals surface area contributed by atoms with Gasteiger partial charge in [0.15, 0.2) is 0 Å². The third-order valence-electron chi connectivity index (χ3n) is 2.45. The summed E-state index contributed by atoms with van der Waals surface area (Å²) >= 11 is 7.94. The van der Waals surface area contributed by atoms with E-state index >= 15 is 0 Å². The van der Waals surface area contributed by atoms with Crippen molar-refractivity contribution in [1.29, 1.82) is 0 Å². The molecule has 2 aromatic rings. The Kier molecular flexibility index (Phi) is 4.23. The first-order valence-corrected chi connectivity index (χ1v) is 6.72. The zero-order valence-corrected chi connectivity index (χ0v) is 12.6. The van der Waals surface area contributed by atoms with Gasteiger partial charge < -0.3 is 9.88 Å². The fourth-order valence-electron chi connectivity index (χ4n) is 1.62. The third kappa shape index (κ3) is 3.02. The number of aromatic amines is 1. The van der Waals surface area contributed by atoms with Crippen LogP contribution in [0.5, 0.6) is 0 Å². The van der Waals surface area contributed by atoms with E-state index in [1.807, 2.05) is 58.8 Å². The molecule has 6 heteroatoms. The van der Waals surface area contributed by atoms with Crippen molar-refractivity contribution >= 4 is 40.0 Å². The summed E-state index contributed by atoms with van der Waals surface area (Å²) < 4.78 is 0.583. The third-order valence-corrected chi connectivity index (χ3v) is 3.66. The number of nitrogens with one attached hydrogen (secondary N) is 1. The first kappa shape index (κ1) is 13.4. The average molecular weight is 376 g/mol. The minimum Gasteiger partial charge on any atom is -0.354 e. The number of rotatable bonds is 3. The first-order chi connectivity index (χ1) is 8.58. The van der Waals surface area contributed by atoms with Crippen molar-refractivity contribution in [3.8, 4) is 0 Å². The summed E-state index contributed by atoms with van der Waals surface area (Å²) in [6.45, 7) is 0.646. The Hall–Kier alpha value is -1.08. The fourth-order valence-corrected chi connectivity index (χ4v) is 2.54. The van der Waals surface area contributed by atoms with Crippen LogP contribution >= 0.6 is 34.2 Å². The summed E-state index contributed by atoms with van der Waals surface area (Å²) in [5.74, 6) is 0.666. The zero-order chi connectivity index (χ0) is 13.1. The molecule has 0 fully saturated rings. The van der Waals surface area contributed by atoms with E-state index in [2.05, 4.69) is 9.97 Å². The van der Waals surface area contributed by atoms with E-state index in [1.165, 1.54) is 6.33 Å². The van der Waals surface area contributed by atoms with Gasteiger partial charge in [-0.1, -0.05) is 23.7 Å². The molecule has 0 aliphatic heterocycles. The van der Waals surface area contributed by atoms with Crippen molar-refractivity contribution in [3.05, 3.63) is 55.1 Å². The largest absolute Gasteiger partial charge is 0.354 e. The van der Waals surface area contributed by atoms with E-state index in [4.69, 9.17) is 11.6 Å². The van der Waals surface area contributed by atoms with E-state index in [1.54, 1.807) is 0 Å². The molecule has 0 atom stereocenters. The van der Waals surface area contributed by atoms with Crippen LogP contribution in [-0.2, 0) is 6.54 Å². The lowest BCUT2D eigenvalue weighted by Crippen LogP contribution is -2.23. The van der Waals surface area contributed by atoms with Crippen molar-refractivity contribution in [2.45, 2.75) is 6.54 Å². The van der Waals surface area contributed by atoms with Crippen LogP contribution in [0.15, 0.2) is 35.4 Å². The normalized spacial score (nSPS) is 10.4. The summed E-state index contributed by atoms with van der Waals surface area (Å²) in [7, 11) is 1.89. The van der Waals surface area contributed by atoms with Crippen LogP contribution in [0.1, 0.15) is 5.56 Å². The van der Waals surface area contributed by atoms with Crippen molar-refractivity contribution in [3.63, 3.8) is 0 Å². The molecular formula is C12H11ClIN3O. The van der Waals surface area contributed by atoms with Gasteiger partial charge in [0.25, 0.3) is 5.56 Å². The molecule has 0 amide bonds. The van der Waals surface area contributed by atoms with E-state index in [0.29, 0.717) is 21.0 Å². The van der Waals surface area contributed by atoms with E-state index in [9.17, 15) is 4.79 Å². The maximum absolute atomic E-state index is 11.5. The van der Waals surface area contributed by atoms with E-state index in [0.717, 1.165) is 5.56 Å². The molecule has 2 rings (SSSR count). The average Bonchev–Trinajstić information content (AvgIpc) is 2.32. The number of aromatic nitrogens is 2. The summed E-state index contributed by atoms with van der Waals surface area (Å²) in [6, 6.07) is 7.63. The molecule has 0 spiro atoms. The van der Waals surface area contributed by atoms with Gasteiger partial charge in [0.05, 0.1) is 6.33 Å². The Morgan fingerprint density at radius 3 is 3.00 bits per heavy atom. The lowest BCUT2D eigenvalue weighted by Gasteiger charge is -2.18. The van der Waals surface area contributed by atoms with E-state index < -0.39 is 0 Å². The topological polar surface area (TPSA) is 49.0 Å². The molecule has 0 radical (unpaired) electrons. The number of hydrogen-bond donors (Lipinski definition) is 1. The van der Waals surface area contributed by atoms with Gasteiger partial charge in [-0.25, -0.2) is 4.98 Å². The maximum atomic E-state index is 11.5. The number of nitrogens with zero attached hydrogens (tertiary/aromatic N) is 2. The molecule has 0 aliphatic rings. The molecular weight excluding hydrogens is 365 g/mol. The Morgan fingerprint density at radius 1 is 1.50 bits per heavy atom. The van der Waals surface area contributed by atoms with E-state index in [-0.39, 0.29) is 5.56 Å². The maximum Gasteiger partial charge on any atom is 0.266 e. The molecule has 4 nitrogen and oxygen atoms in total. The molecule has 18 heavy (non-hydrogen) atoms. The number of benzene rings is 1. The molecule has 0 unspecified atom stereocenters. The summed E-state index contributed by atoms with van der Waals surface area (Å²) in [4.78, 5) is 20.2. The highest BCUT2D eigenvalue weighted by atomic mass is 127. The van der Waals surface area contributed by atoms with Crippen LogP contribution in [0.2, 0.25) is 5.02 Å². The SMILES string of the molecule is CN(Cc1cccc(Cl)c1)c1nc[nH]c(=O)c1I. The smallest absolute Gasteiger partial charge is 0.266 e. The van der Waals surface area contributed by atoms with Crippen LogP contribution in [0.3, 0.4) is 0 Å². The molecule has 0 bridgehead atoms. The second-order valence-corrected chi connectivity index (χ2v) is 5.37. The summed E-state index contributed by atoms with van der Waals surface area (Å²) in [5.41, 5.74) is 0.946. The Bertz CT molecular complexity index is 614. The lowest BCUT2D eigenvalue weighted by molar-refractivity contribution is 0.880. The van der Waals surface area contributed by atoms with Gasteiger partial charge in [-0.05, 0) is 40.3 Å². The van der Waals surface area contributed by atoms with Crippen molar-refractivity contribution in [1.82, 2.24) is 9.97 Å². The lowest BCUT2D eigenvalue weighted by atomic mass is 10.2. The van der Waals surface area contributed by atoms with Crippen LogP contribution in [0.4, 0.5) is 5.82 Å². The highest BCUT2D eigenvalue weighted by Gasteiger charge is 2.10. The van der Waals surface area contributed by atoms with Gasteiger partial charge in [-0.2, -0.15) is 0 Å². The van der Waals surface area contributed by atoms with Crippen LogP contribution in [0, 0.1) is 3.57 Å². The highest BCUT2D eigenvalue weighted by molar-refractivity contribution is 14.1. The standard InChI is InChI=1S/C12H11ClIN3O/c1-17(6-8-3-2-4-9(13)5-8)11-10(14)12(18)16-7-15-11/h2-5,7H,6H2,1H3,(H,15,16,18). The molecule has 0 saturated carbocycles. The van der Waals surface area contributed by atoms with Crippen molar-refractivity contribution < 1.29 is 0 Å². The number of halogens is 2. The minimum atomic E-state index is -0.126. The second kappa shape index (κ2) is 5.71. The Balaban J connectivity index is 2.25. The van der Waals surface area contributed by atoms with Gasteiger partial charge in [0, 0.05) is 18.6 Å². The number of hydrogen-bond acceptors (Lipinski definition) is 3. The minimum absolute atomic E-state index is 0.126. The molecule has 0 aliphatic carbocycles. The highest BCUT2D eigenvalue weighted by Crippen LogP contribution is 2.18. The number of H-pyrrole nitrogens is 1. The second-order valence-electron chi connectivity index (χ2n) is 3.86. The summed E-state index contributed by atoms with van der Waals surface area (Å²) in [6.07, 6.45) is 1.41. The van der Waals surface area contributed by atoms with Gasteiger partial charge in [0.1, 0.15) is 9.39 Å². The van der Waals surface area contributed by atoms with Crippen molar-refractivity contribution in [2.75, 3.05) is 11.9 Å². The fraction of sp³-hybridized carbons (Fsp3) is 0.167. The van der Waals surface area contributed by atoms with Gasteiger partial charge in [0.2, 0.25) is 0 Å². The first-order valence-electron chi connectivity index (χ1n) is 5.26.